The zero-order valence-corrected chi connectivity index (χ0v) is 13.5. The molecule has 0 aliphatic heterocycles. The van der Waals surface area contributed by atoms with Crippen molar-refractivity contribution in [2.24, 2.45) is 0 Å². The maximum Gasteiger partial charge on any atom is 0.255 e. The lowest BCUT2D eigenvalue weighted by atomic mass is 10.0. The van der Waals surface area contributed by atoms with Gasteiger partial charge in [-0.2, -0.15) is 0 Å². The number of aryl methyl sites for hydroxylation is 3. The molecule has 5 heteroatoms. The number of nitrogens with one attached hydrogen (secondary N) is 1. The third-order valence-electron chi connectivity index (χ3n) is 3.24. The summed E-state index contributed by atoms with van der Waals surface area (Å²) in [6.07, 6.45) is 1.56. The fraction of sp³-hybridized carbons (Fsp3) is 0.176. The second-order valence-corrected chi connectivity index (χ2v) is 6.84. The second-order valence-electron chi connectivity index (χ2n) is 5.27. The molecular weight excluding hydrogens is 301 g/mol. The molecule has 0 fully saturated rings. The predicted octanol–water partition coefficient (Wildman–Crippen LogP) is 4.16. The van der Waals surface area contributed by atoms with Gasteiger partial charge in [0.05, 0.1) is 11.1 Å². The van der Waals surface area contributed by atoms with Gasteiger partial charge in [-0.25, -0.2) is 12.8 Å². The van der Waals surface area contributed by atoms with E-state index in [4.69, 9.17) is 0 Å². The van der Waals surface area contributed by atoms with Crippen LogP contribution in [-0.2, 0) is 10.0 Å². The highest BCUT2D eigenvalue weighted by atomic mass is 32.2. The standard InChI is InChI=1S/C17H18FNO2S/c1-12-9-13(2)17(14(3)10-12)7-8-22(20,21)19-16-6-4-5-15(18)11-16/h4-11,19H,1-3H3. The van der Waals surface area contributed by atoms with Crippen molar-refractivity contribution < 1.29 is 12.8 Å². The number of anilines is 1. The molecule has 2 aromatic rings. The van der Waals surface area contributed by atoms with E-state index in [1.807, 2.05) is 32.9 Å². The first-order valence-electron chi connectivity index (χ1n) is 6.81. The lowest BCUT2D eigenvalue weighted by molar-refractivity contribution is 0.609. The van der Waals surface area contributed by atoms with E-state index in [0.717, 1.165) is 33.7 Å². The van der Waals surface area contributed by atoms with Crippen LogP contribution in [0.2, 0.25) is 0 Å². The first-order valence-corrected chi connectivity index (χ1v) is 8.36. The lowest BCUT2D eigenvalue weighted by Crippen LogP contribution is -2.09. The Morgan fingerprint density at radius 1 is 1.05 bits per heavy atom. The van der Waals surface area contributed by atoms with Crippen LogP contribution in [0.25, 0.3) is 6.08 Å². The van der Waals surface area contributed by atoms with Crippen LogP contribution >= 0.6 is 0 Å². The summed E-state index contributed by atoms with van der Waals surface area (Å²) in [4.78, 5) is 0. The van der Waals surface area contributed by atoms with E-state index in [0.29, 0.717) is 0 Å². The summed E-state index contributed by atoms with van der Waals surface area (Å²) in [7, 11) is -3.69. The van der Waals surface area contributed by atoms with Gasteiger partial charge < -0.3 is 0 Å². The van der Waals surface area contributed by atoms with Crippen LogP contribution in [0.5, 0.6) is 0 Å². The molecule has 0 unspecified atom stereocenters. The molecule has 0 saturated heterocycles. The molecule has 1 N–H and O–H groups in total. The van der Waals surface area contributed by atoms with E-state index in [9.17, 15) is 12.8 Å². The minimum Gasteiger partial charge on any atom is -0.280 e. The van der Waals surface area contributed by atoms with Gasteiger partial charge in [-0.3, -0.25) is 4.72 Å². The van der Waals surface area contributed by atoms with Gasteiger partial charge in [0.25, 0.3) is 10.0 Å². The van der Waals surface area contributed by atoms with E-state index >= 15 is 0 Å². The highest BCUT2D eigenvalue weighted by Crippen LogP contribution is 2.19. The average Bonchev–Trinajstić information content (AvgIpc) is 2.36. The van der Waals surface area contributed by atoms with Crippen molar-refractivity contribution in [2.45, 2.75) is 20.8 Å². The Hall–Kier alpha value is -2.14. The van der Waals surface area contributed by atoms with Gasteiger partial charge in [0, 0.05) is 0 Å². The first-order chi connectivity index (χ1) is 10.3. The largest absolute Gasteiger partial charge is 0.280 e. The Morgan fingerprint density at radius 3 is 2.27 bits per heavy atom. The number of hydrogen-bond donors (Lipinski definition) is 1. The molecule has 0 aromatic heterocycles. The van der Waals surface area contributed by atoms with Crippen molar-refractivity contribution in [1.82, 2.24) is 0 Å². The smallest absolute Gasteiger partial charge is 0.255 e. The number of sulfonamides is 1. The quantitative estimate of drug-likeness (QED) is 0.919. The van der Waals surface area contributed by atoms with Crippen LogP contribution in [0.15, 0.2) is 41.8 Å². The lowest BCUT2D eigenvalue weighted by Gasteiger charge is -2.08. The normalized spacial score (nSPS) is 11.8. The predicted molar refractivity (Wildman–Crippen MR) is 88.6 cm³/mol. The monoisotopic (exact) mass is 319 g/mol. The highest BCUT2D eigenvalue weighted by molar-refractivity contribution is 7.95. The summed E-state index contributed by atoms with van der Waals surface area (Å²) in [6, 6.07) is 9.33. The fourth-order valence-corrected chi connectivity index (χ4v) is 3.20. The SMILES string of the molecule is Cc1cc(C)c(C=CS(=O)(=O)Nc2cccc(F)c2)c(C)c1. The highest BCUT2D eigenvalue weighted by Gasteiger charge is 2.07. The van der Waals surface area contributed by atoms with Crippen molar-refractivity contribution in [3.8, 4) is 0 Å². The molecule has 2 rings (SSSR count). The molecule has 2 aromatic carbocycles. The van der Waals surface area contributed by atoms with Crippen LogP contribution in [0.3, 0.4) is 0 Å². The van der Waals surface area contributed by atoms with Crippen molar-refractivity contribution in [1.29, 1.82) is 0 Å². The fourth-order valence-electron chi connectivity index (χ4n) is 2.36. The van der Waals surface area contributed by atoms with Crippen LogP contribution < -0.4 is 4.72 Å². The molecule has 0 heterocycles. The van der Waals surface area contributed by atoms with Crippen LogP contribution in [0.1, 0.15) is 22.3 Å². The van der Waals surface area contributed by atoms with Gasteiger partial charge in [-0.1, -0.05) is 23.8 Å². The maximum absolute atomic E-state index is 13.1. The number of halogens is 1. The van der Waals surface area contributed by atoms with Crippen molar-refractivity contribution in [3.63, 3.8) is 0 Å². The molecule has 3 nitrogen and oxygen atoms in total. The molecule has 0 aliphatic rings. The van der Waals surface area contributed by atoms with Crippen molar-refractivity contribution in [2.75, 3.05) is 4.72 Å². The number of benzene rings is 2. The summed E-state index contributed by atoms with van der Waals surface area (Å²) in [5, 5.41) is 1.10. The van der Waals surface area contributed by atoms with Crippen molar-refractivity contribution in [3.05, 3.63) is 69.9 Å². The topological polar surface area (TPSA) is 46.2 Å². The first kappa shape index (κ1) is 16.2. The minimum absolute atomic E-state index is 0.196. The summed E-state index contributed by atoms with van der Waals surface area (Å²) >= 11 is 0. The zero-order valence-electron chi connectivity index (χ0n) is 12.7. The van der Waals surface area contributed by atoms with Crippen LogP contribution in [0.4, 0.5) is 10.1 Å². The van der Waals surface area contributed by atoms with Gasteiger partial charge in [0.15, 0.2) is 0 Å². The van der Waals surface area contributed by atoms with Gasteiger partial charge in [-0.15, -0.1) is 0 Å². The third kappa shape index (κ3) is 4.18. The van der Waals surface area contributed by atoms with Gasteiger partial charge in [0.2, 0.25) is 0 Å². The summed E-state index contributed by atoms with van der Waals surface area (Å²) < 4.78 is 39.5. The molecule has 0 bridgehead atoms. The molecule has 116 valence electrons. The average molecular weight is 319 g/mol. The molecule has 0 saturated carbocycles. The van der Waals surface area contributed by atoms with Crippen molar-refractivity contribution >= 4 is 21.8 Å². The molecule has 22 heavy (non-hydrogen) atoms. The summed E-state index contributed by atoms with van der Waals surface area (Å²) in [6.45, 7) is 5.87. The Balaban J connectivity index is 2.25. The number of hydrogen-bond acceptors (Lipinski definition) is 2. The Bertz CT molecular complexity index is 803. The maximum atomic E-state index is 13.1. The zero-order chi connectivity index (χ0) is 16.3. The van der Waals surface area contributed by atoms with E-state index < -0.39 is 15.8 Å². The molecule has 0 atom stereocenters. The van der Waals surface area contributed by atoms with Crippen LogP contribution in [0, 0.1) is 26.6 Å². The summed E-state index contributed by atoms with van der Waals surface area (Å²) in [5.74, 6) is -0.491. The van der Waals surface area contributed by atoms with E-state index in [2.05, 4.69) is 4.72 Å². The molecule has 0 radical (unpaired) electrons. The van der Waals surface area contributed by atoms with E-state index in [1.165, 1.54) is 18.2 Å². The van der Waals surface area contributed by atoms with Gasteiger partial charge >= 0.3 is 0 Å². The number of rotatable bonds is 4. The Kier molecular flexibility index (Phi) is 4.66. The van der Waals surface area contributed by atoms with Gasteiger partial charge in [0.1, 0.15) is 5.82 Å². The minimum atomic E-state index is -3.69. The Morgan fingerprint density at radius 2 is 1.68 bits per heavy atom. The molecular formula is C17H18FNO2S. The van der Waals surface area contributed by atoms with Gasteiger partial charge in [-0.05, 0) is 61.7 Å². The summed E-state index contributed by atoms with van der Waals surface area (Å²) in [5.41, 5.74) is 4.22. The third-order valence-corrected chi connectivity index (χ3v) is 4.25. The van der Waals surface area contributed by atoms with E-state index in [-0.39, 0.29) is 5.69 Å². The second kappa shape index (κ2) is 6.32. The van der Waals surface area contributed by atoms with Crippen LogP contribution in [-0.4, -0.2) is 8.42 Å². The Labute approximate surface area is 130 Å². The molecule has 0 spiro atoms. The molecule has 0 aliphatic carbocycles. The molecule has 0 amide bonds. The van der Waals surface area contributed by atoms with E-state index in [1.54, 1.807) is 6.08 Å².